The van der Waals surface area contributed by atoms with E-state index >= 15 is 0 Å². The summed E-state index contributed by atoms with van der Waals surface area (Å²) < 4.78 is 0. The van der Waals surface area contributed by atoms with Crippen molar-refractivity contribution >= 4 is 23.2 Å². The largest absolute Gasteiger partial charge is 0.506 e. The summed E-state index contributed by atoms with van der Waals surface area (Å²) in [5.74, 6) is -1.52. The van der Waals surface area contributed by atoms with Crippen molar-refractivity contribution in [2.45, 2.75) is 20.8 Å². The van der Waals surface area contributed by atoms with Gasteiger partial charge in [-0.3, -0.25) is 9.59 Å². The smallest absolute Gasteiger partial charge is 0.316 e. The van der Waals surface area contributed by atoms with E-state index < -0.39 is 11.8 Å². The van der Waals surface area contributed by atoms with E-state index in [9.17, 15) is 14.7 Å². The summed E-state index contributed by atoms with van der Waals surface area (Å²) in [7, 11) is 0. The van der Waals surface area contributed by atoms with Gasteiger partial charge in [-0.15, -0.1) is 0 Å². The Morgan fingerprint density at radius 2 is 1.78 bits per heavy atom. The first kappa shape index (κ1) is 16.5. The molecule has 0 atom stereocenters. The minimum absolute atomic E-state index is 0.0650. The van der Waals surface area contributed by atoms with Crippen LogP contribution in [0.25, 0.3) is 0 Å². The number of hydrogen-bond donors (Lipinski definition) is 2. The molecule has 0 aliphatic heterocycles. The van der Waals surface area contributed by atoms with E-state index in [1.807, 2.05) is 32.0 Å². The van der Waals surface area contributed by atoms with E-state index in [1.54, 1.807) is 25.1 Å². The molecule has 2 aromatic carbocycles. The standard InChI is InChI=1S/C18H20N2O3/c1-4-20(14-7-5-6-12(2)10-14)18(23)17(22)19-15-9-8-13(3)11-16(15)21/h5-11,21H,4H2,1-3H3,(H,19,22). The van der Waals surface area contributed by atoms with Gasteiger partial charge in [-0.25, -0.2) is 0 Å². The first-order chi connectivity index (χ1) is 10.9. The lowest BCUT2D eigenvalue weighted by Crippen LogP contribution is -2.39. The Morgan fingerprint density at radius 1 is 1.09 bits per heavy atom. The number of nitrogens with zero attached hydrogens (tertiary/aromatic N) is 1. The highest BCUT2D eigenvalue weighted by molar-refractivity contribution is 6.44. The van der Waals surface area contributed by atoms with Gasteiger partial charge in [0.25, 0.3) is 0 Å². The van der Waals surface area contributed by atoms with Gasteiger partial charge in [0.05, 0.1) is 5.69 Å². The van der Waals surface area contributed by atoms with Crippen LogP contribution in [0.4, 0.5) is 11.4 Å². The molecular weight excluding hydrogens is 292 g/mol. The van der Waals surface area contributed by atoms with Gasteiger partial charge in [0.15, 0.2) is 0 Å². The molecule has 0 radical (unpaired) electrons. The summed E-state index contributed by atoms with van der Waals surface area (Å²) >= 11 is 0. The van der Waals surface area contributed by atoms with E-state index in [-0.39, 0.29) is 11.4 Å². The van der Waals surface area contributed by atoms with E-state index in [0.717, 1.165) is 11.1 Å². The van der Waals surface area contributed by atoms with E-state index in [0.29, 0.717) is 12.2 Å². The van der Waals surface area contributed by atoms with Gasteiger partial charge >= 0.3 is 11.8 Å². The first-order valence-electron chi connectivity index (χ1n) is 7.41. The minimum atomic E-state index is -0.785. The third-order valence-corrected chi connectivity index (χ3v) is 3.47. The fraction of sp³-hybridized carbons (Fsp3) is 0.222. The maximum atomic E-state index is 12.4. The molecule has 0 spiro atoms. The fourth-order valence-electron chi connectivity index (χ4n) is 2.29. The van der Waals surface area contributed by atoms with Gasteiger partial charge in [-0.1, -0.05) is 18.2 Å². The topological polar surface area (TPSA) is 69.6 Å². The van der Waals surface area contributed by atoms with Crippen molar-refractivity contribution in [3.8, 4) is 5.75 Å². The van der Waals surface area contributed by atoms with Crippen molar-refractivity contribution in [1.29, 1.82) is 0 Å². The van der Waals surface area contributed by atoms with Crippen LogP contribution in [0.3, 0.4) is 0 Å². The average molecular weight is 312 g/mol. The fourth-order valence-corrected chi connectivity index (χ4v) is 2.29. The zero-order chi connectivity index (χ0) is 17.0. The maximum Gasteiger partial charge on any atom is 0.316 e. The summed E-state index contributed by atoms with van der Waals surface area (Å²) in [4.78, 5) is 26.0. The van der Waals surface area contributed by atoms with Gasteiger partial charge in [0, 0.05) is 12.2 Å². The number of benzene rings is 2. The SMILES string of the molecule is CCN(C(=O)C(=O)Nc1ccc(C)cc1O)c1cccc(C)c1. The number of rotatable bonds is 3. The highest BCUT2D eigenvalue weighted by atomic mass is 16.3. The minimum Gasteiger partial charge on any atom is -0.506 e. The third kappa shape index (κ3) is 3.88. The van der Waals surface area contributed by atoms with Crippen LogP contribution in [0.5, 0.6) is 5.75 Å². The summed E-state index contributed by atoms with van der Waals surface area (Å²) in [6.07, 6.45) is 0. The third-order valence-electron chi connectivity index (χ3n) is 3.47. The number of amides is 2. The predicted octanol–water partition coefficient (Wildman–Crippen LogP) is 3.00. The normalized spacial score (nSPS) is 10.2. The van der Waals surface area contributed by atoms with Crippen LogP contribution >= 0.6 is 0 Å². The molecule has 0 unspecified atom stereocenters. The lowest BCUT2D eigenvalue weighted by atomic mass is 10.2. The van der Waals surface area contributed by atoms with Gasteiger partial charge < -0.3 is 15.3 Å². The lowest BCUT2D eigenvalue weighted by Gasteiger charge is -2.21. The monoisotopic (exact) mass is 312 g/mol. The van der Waals surface area contributed by atoms with Crippen LogP contribution < -0.4 is 10.2 Å². The van der Waals surface area contributed by atoms with E-state index in [1.165, 1.54) is 11.0 Å². The molecular formula is C18H20N2O3. The van der Waals surface area contributed by atoms with Gasteiger partial charge in [0.2, 0.25) is 0 Å². The van der Waals surface area contributed by atoms with Crippen LogP contribution in [-0.4, -0.2) is 23.5 Å². The Balaban J connectivity index is 2.19. The Hall–Kier alpha value is -2.82. The number of likely N-dealkylation sites (N-methyl/N-ethyl adjacent to an activating group) is 1. The quantitative estimate of drug-likeness (QED) is 0.676. The molecule has 2 rings (SSSR count). The van der Waals surface area contributed by atoms with Crippen LogP contribution in [0.15, 0.2) is 42.5 Å². The second-order valence-electron chi connectivity index (χ2n) is 5.36. The maximum absolute atomic E-state index is 12.4. The molecule has 2 N–H and O–H groups in total. The number of hydrogen-bond acceptors (Lipinski definition) is 3. The van der Waals surface area contributed by atoms with Crippen LogP contribution in [0, 0.1) is 13.8 Å². The van der Waals surface area contributed by atoms with Crippen LogP contribution in [0.1, 0.15) is 18.1 Å². The molecule has 5 nitrogen and oxygen atoms in total. The lowest BCUT2D eigenvalue weighted by molar-refractivity contribution is -0.134. The molecule has 120 valence electrons. The molecule has 0 bridgehead atoms. The summed E-state index contributed by atoms with van der Waals surface area (Å²) in [6, 6.07) is 12.2. The van der Waals surface area contributed by atoms with E-state index in [2.05, 4.69) is 5.32 Å². The average Bonchev–Trinajstić information content (AvgIpc) is 2.50. The van der Waals surface area contributed by atoms with Gasteiger partial charge in [0.1, 0.15) is 5.75 Å². The van der Waals surface area contributed by atoms with Crippen molar-refractivity contribution in [1.82, 2.24) is 0 Å². The highest BCUT2D eigenvalue weighted by Crippen LogP contribution is 2.24. The molecule has 2 amide bonds. The van der Waals surface area contributed by atoms with Crippen molar-refractivity contribution in [2.24, 2.45) is 0 Å². The number of aryl methyl sites for hydroxylation is 2. The van der Waals surface area contributed by atoms with Crippen molar-refractivity contribution in [2.75, 3.05) is 16.8 Å². The number of phenolic OH excluding ortho intramolecular Hbond substituents is 1. The Kier molecular flexibility index (Phi) is 5.01. The Labute approximate surface area is 135 Å². The molecule has 0 heterocycles. The van der Waals surface area contributed by atoms with Crippen LogP contribution in [-0.2, 0) is 9.59 Å². The molecule has 0 aromatic heterocycles. The summed E-state index contributed by atoms with van der Waals surface area (Å²) in [5.41, 5.74) is 2.75. The molecule has 0 saturated carbocycles. The van der Waals surface area contributed by atoms with Gasteiger partial charge in [-0.05, 0) is 56.2 Å². The zero-order valence-corrected chi connectivity index (χ0v) is 13.5. The number of phenols is 1. The molecule has 0 aliphatic rings. The first-order valence-corrected chi connectivity index (χ1v) is 7.41. The summed E-state index contributed by atoms with van der Waals surface area (Å²) in [6.45, 7) is 5.92. The van der Waals surface area contributed by atoms with Crippen molar-refractivity contribution in [3.05, 3.63) is 53.6 Å². The second kappa shape index (κ2) is 6.96. The highest BCUT2D eigenvalue weighted by Gasteiger charge is 2.23. The van der Waals surface area contributed by atoms with Crippen molar-refractivity contribution < 1.29 is 14.7 Å². The van der Waals surface area contributed by atoms with E-state index in [4.69, 9.17) is 0 Å². The molecule has 0 fully saturated rings. The van der Waals surface area contributed by atoms with Gasteiger partial charge in [-0.2, -0.15) is 0 Å². The predicted molar refractivity (Wildman–Crippen MR) is 90.7 cm³/mol. The number of aromatic hydroxyl groups is 1. The zero-order valence-electron chi connectivity index (χ0n) is 13.5. The molecule has 2 aromatic rings. The number of nitrogens with one attached hydrogen (secondary N) is 1. The van der Waals surface area contributed by atoms with Crippen molar-refractivity contribution in [3.63, 3.8) is 0 Å². The number of carbonyl (C=O) groups is 2. The molecule has 5 heteroatoms. The Bertz CT molecular complexity index is 741. The second-order valence-corrected chi connectivity index (χ2v) is 5.36. The van der Waals surface area contributed by atoms with Crippen LogP contribution in [0.2, 0.25) is 0 Å². The molecule has 0 saturated heterocycles. The summed E-state index contributed by atoms with van der Waals surface area (Å²) in [5, 5.41) is 12.3. The Morgan fingerprint density at radius 3 is 2.39 bits per heavy atom. The number of anilines is 2. The molecule has 23 heavy (non-hydrogen) atoms. The number of carbonyl (C=O) groups excluding carboxylic acids is 2. The molecule has 0 aliphatic carbocycles.